The van der Waals surface area contributed by atoms with Gasteiger partial charge in [-0.1, -0.05) is 0 Å². The maximum absolute atomic E-state index is 13.0. The summed E-state index contributed by atoms with van der Waals surface area (Å²) in [6.07, 6.45) is 3.02. The van der Waals surface area contributed by atoms with E-state index >= 15 is 0 Å². The number of halogens is 1. The first-order valence-corrected chi connectivity index (χ1v) is 7.83. The van der Waals surface area contributed by atoms with Crippen LogP contribution >= 0.6 is 0 Å². The van der Waals surface area contributed by atoms with E-state index in [4.69, 9.17) is 4.74 Å². The Morgan fingerprint density at radius 3 is 2.69 bits per heavy atom. The number of hydrogen-bond acceptors (Lipinski definition) is 5. The minimum Gasteiger partial charge on any atom is -0.461 e. The number of ether oxygens (including phenoxy) is 1. The molecule has 1 aromatic carbocycles. The molecule has 0 aliphatic rings. The molecule has 0 atom stereocenters. The SMILES string of the molecule is CCOC(=O)c1ncccc1NC(=O)c1ccn(-c2ccc(F)cc2)n1. The molecule has 0 saturated carbocycles. The summed E-state index contributed by atoms with van der Waals surface area (Å²) in [6, 6.07) is 10.4. The lowest BCUT2D eigenvalue weighted by molar-refractivity contribution is 0.0521. The van der Waals surface area contributed by atoms with Gasteiger partial charge >= 0.3 is 5.97 Å². The van der Waals surface area contributed by atoms with Crippen LogP contribution in [0.25, 0.3) is 5.69 Å². The van der Waals surface area contributed by atoms with Gasteiger partial charge in [0.15, 0.2) is 11.4 Å². The summed E-state index contributed by atoms with van der Waals surface area (Å²) < 4.78 is 19.4. The van der Waals surface area contributed by atoms with E-state index in [2.05, 4.69) is 15.4 Å². The van der Waals surface area contributed by atoms with Crippen molar-refractivity contribution in [2.75, 3.05) is 11.9 Å². The molecular weight excluding hydrogens is 339 g/mol. The summed E-state index contributed by atoms with van der Waals surface area (Å²) in [7, 11) is 0. The highest BCUT2D eigenvalue weighted by Gasteiger charge is 2.17. The molecule has 0 spiro atoms. The Labute approximate surface area is 148 Å². The Balaban J connectivity index is 1.79. The third-order valence-electron chi connectivity index (χ3n) is 3.44. The summed E-state index contributed by atoms with van der Waals surface area (Å²) in [5, 5.41) is 6.76. The molecule has 3 rings (SSSR count). The molecule has 2 aromatic heterocycles. The predicted octanol–water partition coefficient (Wildman–Crippen LogP) is 2.84. The summed E-state index contributed by atoms with van der Waals surface area (Å²) in [4.78, 5) is 28.3. The number of pyridine rings is 1. The first-order chi connectivity index (χ1) is 12.6. The number of nitrogens with one attached hydrogen (secondary N) is 1. The van der Waals surface area contributed by atoms with Crippen LogP contribution in [-0.4, -0.2) is 33.2 Å². The van der Waals surface area contributed by atoms with Crippen LogP contribution < -0.4 is 5.32 Å². The van der Waals surface area contributed by atoms with Crippen LogP contribution in [0.1, 0.15) is 27.9 Å². The second-order valence-corrected chi connectivity index (χ2v) is 5.20. The average Bonchev–Trinajstić information content (AvgIpc) is 3.13. The Hall–Kier alpha value is -3.55. The van der Waals surface area contributed by atoms with E-state index in [1.54, 1.807) is 37.4 Å². The van der Waals surface area contributed by atoms with Crippen molar-refractivity contribution in [2.24, 2.45) is 0 Å². The van der Waals surface area contributed by atoms with Crippen LogP contribution in [0.2, 0.25) is 0 Å². The van der Waals surface area contributed by atoms with E-state index in [-0.39, 0.29) is 29.5 Å². The smallest absolute Gasteiger partial charge is 0.359 e. The maximum atomic E-state index is 13.0. The molecule has 3 aromatic rings. The number of anilines is 1. The maximum Gasteiger partial charge on any atom is 0.359 e. The van der Waals surface area contributed by atoms with Crippen molar-refractivity contribution in [1.29, 1.82) is 0 Å². The van der Waals surface area contributed by atoms with Crippen LogP contribution in [0.5, 0.6) is 0 Å². The molecule has 0 aliphatic heterocycles. The van der Waals surface area contributed by atoms with Gasteiger partial charge in [0.2, 0.25) is 0 Å². The number of carbonyl (C=O) groups excluding carboxylic acids is 2. The largest absolute Gasteiger partial charge is 0.461 e. The lowest BCUT2D eigenvalue weighted by atomic mass is 10.2. The predicted molar refractivity (Wildman–Crippen MR) is 91.7 cm³/mol. The second kappa shape index (κ2) is 7.56. The monoisotopic (exact) mass is 354 g/mol. The minimum atomic E-state index is -0.625. The number of rotatable bonds is 5. The Morgan fingerprint density at radius 1 is 1.19 bits per heavy atom. The molecule has 0 bridgehead atoms. The number of esters is 1. The van der Waals surface area contributed by atoms with Gasteiger partial charge in [0.05, 0.1) is 18.0 Å². The first kappa shape index (κ1) is 17.3. The topological polar surface area (TPSA) is 86.1 Å². The molecule has 8 heteroatoms. The second-order valence-electron chi connectivity index (χ2n) is 5.20. The van der Waals surface area contributed by atoms with Crippen molar-refractivity contribution in [3.8, 4) is 5.69 Å². The van der Waals surface area contributed by atoms with Crippen LogP contribution in [0.4, 0.5) is 10.1 Å². The Morgan fingerprint density at radius 2 is 1.96 bits per heavy atom. The van der Waals surface area contributed by atoms with E-state index in [1.807, 2.05) is 0 Å². The molecule has 1 N–H and O–H groups in total. The van der Waals surface area contributed by atoms with Crippen molar-refractivity contribution >= 4 is 17.6 Å². The molecule has 1 amide bonds. The number of nitrogens with zero attached hydrogens (tertiary/aromatic N) is 3. The quantitative estimate of drug-likeness (QED) is 0.712. The number of hydrogen-bond donors (Lipinski definition) is 1. The highest BCUT2D eigenvalue weighted by molar-refractivity contribution is 6.06. The average molecular weight is 354 g/mol. The Kier molecular flexibility index (Phi) is 5.02. The van der Waals surface area contributed by atoms with Crippen LogP contribution in [-0.2, 0) is 4.74 Å². The fourth-order valence-electron chi connectivity index (χ4n) is 2.24. The Bertz CT molecular complexity index is 938. The fourth-order valence-corrected chi connectivity index (χ4v) is 2.24. The van der Waals surface area contributed by atoms with E-state index < -0.39 is 11.9 Å². The van der Waals surface area contributed by atoms with Gasteiger partial charge in [-0.2, -0.15) is 5.10 Å². The van der Waals surface area contributed by atoms with Gasteiger partial charge in [-0.3, -0.25) is 4.79 Å². The molecule has 2 heterocycles. The third-order valence-corrected chi connectivity index (χ3v) is 3.44. The summed E-state index contributed by atoms with van der Waals surface area (Å²) in [5.41, 5.74) is 0.986. The van der Waals surface area contributed by atoms with Crippen molar-refractivity contribution < 1.29 is 18.7 Å². The van der Waals surface area contributed by atoms with Gasteiger partial charge in [-0.05, 0) is 49.4 Å². The van der Waals surface area contributed by atoms with Crippen molar-refractivity contribution in [1.82, 2.24) is 14.8 Å². The van der Waals surface area contributed by atoms with Crippen LogP contribution in [0, 0.1) is 5.82 Å². The van der Waals surface area contributed by atoms with E-state index in [1.165, 1.54) is 29.1 Å². The summed E-state index contributed by atoms with van der Waals surface area (Å²) in [5.74, 6) is -1.49. The number of amides is 1. The zero-order valence-electron chi connectivity index (χ0n) is 13.8. The normalized spacial score (nSPS) is 10.4. The summed E-state index contributed by atoms with van der Waals surface area (Å²) >= 11 is 0. The zero-order chi connectivity index (χ0) is 18.5. The standard InChI is InChI=1S/C18H15FN4O3/c1-2-26-18(25)16-14(4-3-10-20-16)21-17(24)15-9-11-23(22-15)13-7-5-12(19)6-8-13/h3-11H,2H2,1H3,(H,21,24). The van der Waals surface area contributed by atoms with E-state index in [9.17, 15) is 14.0 Å². The van der Waals surface area contributed by atoms with Crippen LogP contribution in [0.15, 0.2) is 54.9 Å². The van der Waals surface area contributed by atoms with E-state index in [0.29, 0.717) is 5.69 Å². The molecule has 26 heavy (non-hydrogen) atoms. The molecule has 0 unspecified atom stereocenters. The third kappa shape index (κ3) is 3.75. The van der Waals surface area contributed by atoms with Crippen molar-refractivity contribution in [2.45, 2.75) is 6.92 Å². The number of aromatic nitrogens is 3. The first-order valence-electron chi connectivity index (χ1n) is 7.83. The van der Waals surface area contributed by atoms with Gasteiger partial charge < -0.3 is 10.1 Å². The molecule has 0 radical (unpaired) electrons. The summed E-state index contributed by atoms with van der Waals surface area (Å²) in [6.45, 7) is 1.88. The molecule has 7 nitrogen and oxygen atoms in total. The highest BCUT2D eigenvalue weighted by atomic mass is 19.1. The molecule has 132 valence electrons. The lowest BCUT2D eigenvalue weighted by Crippen LogP contribution is -2.17. The van der Waals surface area contributed by atoms with Gasteiger partial charge in [0.1, 0.15) is 5.82 Å². The molecule has 0 fully saturated rings. The number of carbonyl (C=O) groups is 2. The van der Waals surface area contributed by atoms with Gasteiger partial charge in [-0.15, -0.1) is 0 Å². The number of benzene rings is 1. The van der Waals surface area contributed by atoms with Crippen LogP contribution in [0.3, 0.4) is 0 Å². The van der Waals surface area contributed by atoms with Gasteiger partial charge in [0, 0.05) is 12.4 Å². The molecule has 0 aliphatic carbocycles. The van der Waals surface area contributed by atoms with Crippen molar-refractivity contribution in [3.05, 3.63) is 72.1 Å². The fraction of sp³-hybridized carbons (Fsp3) is 0.111. The van der Waals surface area contributed by atoms with Gasteiger partial charge in [-0.25, -0.2) is 18.9 Å². The van der Waals surface area contributed by atoms with Gasteiger partial charge in [0.25, 0.3) is 5.91 Å². The molecular formula is C18H15FN4O3. The van der Waals surface area contributed by atoms with E-state index in [0.717, 1.165) is 0 Å². The van der Waals surface area contributed by atoms with Crippen molar-refractivity contribution in [3.63, 3.8) is 0 Å². The molecule has 0 saturated heterocycles. The minimum absolute atomic E-state index is 0.0145. The zero-order valence-corrected chi connectivity index (χ0v) is 13.8. The highest BCUT2D eigenvalue weighted by Crippen LogP contribution is 2.15. The lowest BCUT2D eigenvalue weighted by Gasteiger charge is -2.08.